The Kier molecular flexibility index (Phi) is 11.1. The summed E-state index contributed by atoms with van der Waals surface area (Å²) >= 11 is 0. The molecule has 0 spiro atoms. The van der Waals surface area contributed by atoms with Crippen LogP contribution in [-0.2, 0) is 26.2 Å². The average Bonchev–Trinajstić information content (AvgIpc) is 2.99. The third-order valence-corrected chi connectivity index (χ3v) is 8.30. The number of halogens is 1. The molecule has 0 bridgehead atoms. The van der Waals surface area contributed by atoms with E-state index in [0.717, 1.165) is 17.1 Å². The molecule has 0 radical (unpaired) electrons. The Morgan fingerprint density at radius 3 is 2.27 bits per heavy atom. The highest BCUT2D eigenvalue weighted by Gasteiger charge is 2.34. The molecular weight excluding hydrogens is 549 g/mol. The second-order valence-electron chi connectivity index (χ2n) is 9.33. The van der Waals surface area contributed by atoms with Gasteiger partial charge in [0.25, 0.3) is 10.0 Å². The maximum absolute atomic E-state index is 14.0. The molecule has 1 N–H and O–H groups in total. The lowest BCUT2D eigenvalue weighted by molar-refractivity contribution is -0.139. The Morgan fingerprint density at radius 1 is 0.976 bits per heavy atom. The predicted molar refractivity (Wildman–Crippen MR) is 155 cm³/mol. The summed E-state index contributed by atoms with van der Waals surface area (Å²) in [6, 6.07) is 16.9. The fourth-order valence-electron chi connectivity index (χ4n) is 4.13. The zero-order valence-electron chi connectivity index (χ0n) is 23.7. The molecule has 41 heavy (non-hydrogen) atoms. The van der Waals surface area contributed by atoms with Gasteiger partial charge in [0, 0.05) is 19.2 Å². The summed E-state index contributed by atoms with van der Waals surface area (Å²) in [5.74, 6) is -0.911. The summed E-state index contributed by atoms with van der Waals surface area (Å²) in [7, 11) is -1.45. The Hall–Kier alpha value is -4.12. The van der Waals surface area contributed by atoms with E-state index in [0.29, 0.717) is 17.9 Å². The first-order chi connectivity index (χ1) is 19.6. The van der Waals surface area contributed by atoms with Crippen LogP contribution in [0.2, 0.25) is 0 Å². The number of ether oxygens (including phenoxy) is 2. The number of hydrogen-bond acceptors (Lipinski definition) is 6. The van der Waals surface area contributed by atoms with E-state index in [-0.39, 0.29) is 28.8 Å². The quantitative estimate of drug-likeness (QED) is 0.282. The lowest BCUT2D eigenvalue weighted by atomic mass is 10.1. The number of unbranched alkanes of at least 4 members (excludes halogenated alkanes) is 1. The first-order valence-electron chi connectivity index (χ1n) is 13.2. The first-order valence-corrected chi connectivity index (χ1v) is 14.7. The van der Waals surface area contributed by atoms with E-state index in [1.807, 2.05) is 6.92 Å². The molecule has 0 aromatic heterocycles. The number of nitrogens with zero attached hydrogens (tertiary/aromatic N) is 2. The van der Waals surface area contributed by atoms with E-state index >= 15 is 0 Å². The van der Waals surface area contributed by atoms with Crippen molar-refractivity contribution in [2.24, 2.45) is 0 Å². The SMILES string of the molecule is CCCCNC(=O)[C@H](C)N(Cc1ccc(F)cc1)C(=O)CN(c1cc(OC)ccc1OC)S(=O)(=O)c1ccccc1. The Bertz CT molecular complexity index is 1420. The van der Waals surface area contributed by atoms with E-state index in [9.17, 15) is 22.4 Å². The summed E-state index contributed by atoms with van der Waals surface area (Å²) in [4.78, 5) is 28.3. The molecule has 3 aromatic rings. The highest BCUT2D eigenvalue weighted by molar-refractivity contribution is 7.92. The standard InChI is InChI=1S/C30H36FN3O6S/c1-5-6-18-32-30(36)22(2)33(20-23-12-14-24(31)15-13-23)29(35)21-34(41(37,38)26-10-8-7-9-11-26)27-19-25(39-3)16-17-28(27)40-4/h7-17,19,22H,5-6,18,20-21H2,1-4H3,(H,32,36)/t22-/m0/s1. The van der Waals surface area contributed by atoms with Gasteiger partial charge in [-0.2, -0.15) is 0 Å². The smallest absolute Gasteiger partial charge is 0.264 e. The third kappa shape index (κ3) is 7.97. The molecule has 1 atom stereocenters. The number of nitrogens with one attached hydrogen (secondary N) is 1. The van der Waals surface area contributed by atoms with Gasteiger partial charge in [-0.3, -0.25) is 13.9 Å². The number of benzene rings is 3. The van der Waals surface area contributed by atoms with E-state index < -0.39 is 34.3 Å². The number of rotatable bonds is 14. The fraction of sp³-hybridized carbons (Fsp3) is 0.333. The molecular formula is C30H36FN3O6S. The third-order valence-electron chi connectivity index (χ3n) is 6.53. The maximum atomic E-state index is 14.0. The molecule has 11 heteroatoms. The zero-order valence-corrected chi connectivity index (χ0v) is 24.5. The Labute approximate surface area is 240 Å². The molecule has 0 saturated heterocycles. The molecule has 0 fully saturated rings. The first kappa shape index (κ1) is 31.4. The van der Waals surface area contributed by atoms with Crippen molar-refractivity contribution in [2.45, 2.75) is 44.2 Å². The molecule has 3 rings (SSSR count). The number of sulfonamides is 1. The van der Waals surface area contributed by atoms with Crippen molar-refractivity contribution in [1.29, 1.82) is 0 Å². The highest BCUT2D eigenvalue weighted by Crippen LogP contribution is 2.36. The van der Waals surface area contributed by atoms with Crippen LogP contribution in [0.1, 0.15) is 32.3 Å². The van der Waals surface area contributed by atoms with Gasteiger partial charge < -0.3 is 19.7 Å². The van der Waals surface area contributed by atoms with Gasteiger partial charge in [0.2, 0.25) is 11.8 Å². The topological polar surface area (TPSA) is 105 Å². The number of anilines is 1. The molecule has 2 amide bonds. The monoisotopic (exact) mass is 585 g/mol. The van der Waals surface area contributed by atoms with Gasteiger partial charge in [-0.15, -0.1) is 0 Å². The minimum Gasteiger partial charge on any atom is -0.497 e. The van der Waals surface area contributed by atoms with Gasteiger partial charge in [0.15, 0.2) is 0 Å². The summed E-state index contributed by atoms with van der Waals surface area (Å²) < 4.78 is 53.3. The van der Waals surface area contributed by atoms with Gasteiger partial charge in [-0.25, -0.2) is 12.8 Å². The molecule has 0 heterocycles. The number of hydrogen-bond donors (Lipinski definition) is 1. The van der Waals surface area contributed by atoms with Crippen LogP contribution >= 0.6 is 0 Å². The maximum Gasteiger partial charge on any atom is 0.264 e. The molecule has 220 valence electrons. The lowest BCUT2D eigenvalue weighted by Crippen LogP contribution is -2.51. The van der Waals surface area contributed by atoms with Crippen molar-refractivity contribution in [3.8, 4) is 11.5 Å². The van der Waals surface area contributed by atoms with E-state index in [1.165, 1.54) is 61.6 Å². The second-order valence-corrected chi connectivity index (χ2v) is 11.2. The summed E-state index contributed by atoms with van der Waals surface area (Å²) in [5, 5.41) is 2.83. The molecule has 0 aliphatic rings. The zero-order chi connectivity index (χ0) is 30.0. The van der Waals surface area contributed by atoms with Crippen molar-refractivity contribution in [2.75, 3.05) is 31.6 Å². The van der Waals surface area contributed by atoms with Crippen LogP contribution < -0.4 is 19.1 Å². The molecule has 0 aliphatic heterocycles. The molecule has 3 aromatic carbocycles. The highest BCUT2D eigenvalue weighted by atomic mass is 32.2. The van der Waals surface area contributed by atoms with Crippen LogP contribution in [0, 0.1) is 5.82 Å². The minimum atomic E-state index is -4.28. The normalized spacial score (nSPS) is 11.8. The summed E-state index contributed by atoms with van der Waals surface area (Å²) in [6.07, 6.45) is 1.64. The minimum absolute atomic E-state index is 0.0342. The number of amides is 2. The van der Waals surface area contributed by atoms with Crippen LogP contribution in [-0.4, -0.2) is 58.5 Å². The summed E-state index contributed by atoms with van der Waals surface area (Å²) in [5.41, 5.74) is 0.662. The van der Waals surface area contributed by atoms with Gasteiger partial charge in [-0.1, -0.05) is 43.7 Å². The predicted octanol–water partition coefficient (Wildman–Crippen LogP) is 4.37. The lowest BCUT2D eigenvalue weighted by Gasteiger charge is -2.32. The largest absolute Gasteiger partial charge is 0.497 e. The fourth-order valence-corrected chi connectivity index (χ4v) is 5.57. The van der Waals surface area contributed by atoms with Crippen LogP contribution in [0.25, 0.3) is 0 Å². The van der Waals surface area contributed by atoms with Crippen molar-refractivity contribution in [1.82, 2.24) is 10.2 Å². The van der Waals surface area contributed by atoms with Gasteiger partial charge >= 0.3 is 0 Å². The molecule has 9 nitrogen and oxygen atoms in total. The van der Waals surface area contributed by atoms with Crippen molar-refractivity contribution in [3.05, 3.63) is 84.2 Å². The molecule has 0 unspecified atom stereocenters. The summed E-state index contributed by atoms with van der Waals surface area (Å²) in [6.45, 7) is 3.32. The number of carbonyl (C=O) groups is 2. The van der Waals surface area contributed by atoms with Gasteiger partial charge in [-0.05, 0) is 55.3 Å². The van der Waals surface area contributed by atoms with Crippen molar-refractivity contribution >= 4 is 27.5 Å². The second kappa shape index (κ2) is 14.5. The Morgan fingerprint density at radius 2 is 1.66 bits per heavy atom. The van der Waals surface area contributed by atoms with Crippen LogP contribution in [0.4, 0.5) is 10.1 Å². The van der Waals surface area contributed by atoms with Crippen molar-refractivity contribution in [3.63, 3.8) is 0 Å². The number of carbonyl (C=O) groups excluding carboxylic acids is 2. The average molecular weight is 586 g/mol. The molecule has 0 saturated carbocycles. The molecule has 0 aliphatic carbocycles. The number of methoxy groups -OCH3 is 2. The van der Waals surface area contributed by atoms with Crippen LogP contribution in [0.5, 0.6) is 11.5 Å². The van der Waals surface area contributed by atoms with E-state index in [4.69, 9.17) is 9.47 Å². The van der Waals surface area contributed by atoms with E-state index in [1.54, 1.807) is 37.3 Å². The van der Waals surface area contributed by atoms with Gasteiger partial charge in [0.1, 0.15) is 29.9 Å². The van der Waals surface area contributed by atoms with E-state index in [2.05, 4.69) is 5.32 Å². The van der Waals surface area contributed by atoms with Crippen molar-refractivity contribution < 1.29 is 31.9 Å². The van der Waals surface area contributed by atoms with Gasteiger partial charge in [0.05, 0.1) is 24.8 Å². The Balaban J connectivity index is 2.07. The van der Waals surface area contributed by atoms with Crippen LogP contribution in [0.15, 0.2) is 77.7 Å². The van der Waals surface area contributed by atoms with Crippen LogP contribution in [0.3, 0.4) is 0 Å².